The van der Waals surface area contributed by atoms with E-state index in [1.54, 1.807) is 4.90 Å². The summed E-state index contributed by atoms with van der Waals surface area (Å²) in [6.45, 7) is 3.62. The average molecular weight is 423 g/mol. The second-order valence-electron chi connectivity index (χ2n) is 9.11. The summed E-state index contributed by atoms with van der Waals surface area (Å²) in [7, 11) is 0. The molecule has 8 heteroatoms. The number of likely N-dealkylation sites (tertiary alicyclic amines) is 1. The molecule has 2 aliphatic carbocycles. The first-order valence-electron chi connectivity index (χ1n) is 11.0. The van der Waals surface area contributed by atoms with Crippen molar-refractivity contribution in [3.05, 3.63) is 35.9 Å². The standard InChI is InChI=1S/C23H25N3O5/c27-19(12-26-22(28)20-15-2-3-16(10-15)21(20)23(26)29)25-7-5-24(6-8-25)11-14-1-4-17-18(9-14)31-13-30-17/h1-4,9,15-16,20-21H,5-8,10-13H2/t15-,16-,20+,21+/m1/s1. The minimum atomic E-state index is -0.242. The molecule has 3 fully saturated rings. The van der Waals surface area contributed by atoms with Crippen molar-refractivity contribution in [2.24, 2.45) is 23.7 Å². The molecule has 3 aliphatic heterocycles. The molecule has 1 aromatic carbocycles. The molecular formula is C23H25N3O5. The van der Waals surface area contributed by atoms with Crippen molar-refractivity contribution in [1.29, 1.82) is 0 Å². The van der Waals surface area contributed by atoms with Crippen molar-refractivity contribution >= 4 is 17.7 Å². The van der Waals surface area contributed by atoms with E-state index in [0.717, 1.165) is 43.1 Å². The van der Waals surface area contributed by atoms with Gasteiger partial charge in [0, 0.05) is 32.7 Å². The molecule has 0 N–H and O–H groups in total. The van der Waals surface area contributed by atoms with E-state index in [-0.39, 0.29) is 54.7 Å². The molecule has 0 aromatic heterocycles. The zero-order chi connectivity index (χ0) is 21.1. The fraction of sp³-hybridized carbons (Fsp3) is 0.522. The highest BCUT2D eigenvalue weighted by molar-refractivity contribution is 6.08. The molecular weight excluding hydrogens is 398 g/mol. The molecule has 1 saturated carbocycles. The molecule has 3 amide bonds. The predicted molar refractivity (Wildman–Crippen MR) is 109 cm³/mol. The molecule has 162 valence electrons. The third-order valence-corrected chi connectivity index (χ3v) is 7.42. The number of nitrogens with zero attached hydrogens (tertiary/aromatic N) is 3. The normalized spacial score (nSPS) is 31.1. The van der Waals surface area contributed by atoms with Gasteiger partial charge in [-0.3, -0.25) is 24.2 Å². The van der Waals surface area contributed by atoms with Crippen LogP contribution in [0.2, 0.25) is 0 Å². The van der Waals surface area contributed by atoms with Crippen molar-refractivity contribution < 1.29 is 23.9 Å². The molecule has 8 nitrogen and oxygen atoms in total. The lowest BCUT2D eigenvalue weighted by Crippen LogP contribution is -2.51. The Kier molecular flexibility index (Phi) is 4.31. The van der Waals surface area contributed by atoms with Crippen LogP contribution in [0, 0.1) is 23.7 Å². The van der Waals surface area contributed by atoms with Crippen LogP contribution in [0.25, 0.3) is 0 Å². The minimum absolute atomic E-state index is 0.119. The van der Waals surface area contributed by atoms with Gasteiger partial charge >= 0.3 is 0 Å². The van der Waals surface area contributed by atoms with Crippen LogP contribution >= 0.6 is 0 Å². The van der Waals surface area contributed by atoms with Crippen LogP contribution in [-0.4, -0.2) is 71.9 Å². The van der Waals surface area contributed by atoms with Crippen molar-refractivity contribution in [1.82, 2.24) is 14.7 Å². The Bertz CT molecular complexity index is 953. The highest BCUT2D eigenvalue weighted by Gasteiger charge is 2.59. The molecule has 1 aromatic rings. The summed E-state index contributed by atoms with van der Waals surface area (Å²) in [5, 5.41) is 0. The van der Waals surface area contributed by atoms with Gasteiger partial charge in [-0.15, -0.1) is 0 Å². The Morgan fingerprint density at radius 1 is 0.935 bits per heavy atom. The first kappa shape index (κ1) is 18.9. The number of rotatable bonds is 4. The number of benzene rings is 1. The van der Waals surface area contributed by atoms with E-state index >= 15 is 0 Å². The van der Waals surface area contributed by atoms with Gasteiger partial charge in [-0.2, -0.15) is 0 Å². The number of amides is 3. The van der Waals surface area contributed by atoms with Crippen LogP contribution in [0.15, 0.2) is 30.4 Å². The first-order chi connectivity index (χ1) is 15.1. The molecule has 4 atom stereocenters. The van der Waals surface area contributed by atoms with E-state index in [1.807, 2.05) is 18.2 Å². The van der Waals surface area contributed by atoms with E-state index in [1.165, 1.54) is 4.90 Å². The second-order valence-corrected chi connectivity index (χ2v) is 9.11. The fourth-order valence-electron chi connectivity index (χ4n) is 5.81. The van der Waals surface area contributed by atoms with Gasteiger partial charge in [0.15, 0.2) is 11.5 Å². The summed E-state index contributed by atoms with van der Waals surface area (Å²) in [5.41, 5.74) is 1.15. The van der Waals surface area contributed by atoms with Gasteiger partial charge in [-0.1, -0.05) is 18.2 Å². The van der Waals surface area contributed by atoms with Crippen LogP contribution in [0.5, 0.6) is 11.5 Å². The van der Waals surface area contributed by atoms with E-state index in [2.05, 4.69) is 17.1 Å². The second kappa shape index (κ2) is 7.09. The zero-order valence-electron chi connectivity index (χ0n) is 17.2. The fourth-order valence-corrected chi connectivity index (χ4v) is 5.81. The molecule has 2 saturated heterocycles. The van der Waals surface area contributed by atoms with E-state index in [0.29, 0.717) is 13.1 Å². The molecule has 0 radical (unpaired) electrons. The van der Waals surface area contributed by atoms with Crippen molar-refractivity contribution in [2.75, 3.05) is 39.5 Å². The van der Waals surface area contributed by atoms with Gasteiger partial charge in [0.2, 0.25) is 24.5 Å². The molecule has 5 aliphatic rings. The maximum atomic E-state index is 12.9. The Morgan fingerprint density at radius 2 is 1.61 bits per heavy atom. The van der Waals surface area contributed by atoms with Gasteiger partial charge < -0.3 is 14.4 Å². The number of hydrogen-bond acceptors (Lipinski definition) is 6. The van der Waals surface area contributed by atoms with Crippen molar-refractivity contribution in [3.63, 3.8) is 0 Å². The Hall–Kier alpha value is -2.87. The molecule has 0 spiro atoms. The van der Waals surface area contributed by atoms with Crippen molar-refractivity contribution in [3.8, 4) is 11.5 Å². The number of ether oxygens (including phenoxy) is 2. The Labute approximate surface area is 180 Å². The SMILES string of the molecule is O=C(CN1C(=O)[C@@H]2[C@@H](C1=O)[C@@H]1C=C[C@@H]2C1)N1CCN(Cc2ccc3c(c2)OCO3)CC1. The zero-order valence-corrected chi connectivity index (χ0v) is 17.2. The van der Waals surface area contributed by atoms with Crippen molar-refractivity contribution in [2.45, 2.75) is 13.0 Å². The number of fused-ring (bicyclic) bond motifs is 6. The van der Waals surface area contributed by atoms with E-state index in [4.69, 9.17) is 9.47 Å². The number of hydrogen-bond donors (Lipinski definition) is 0. The summed E-state index contributed by atoms with van der Waals surface area (Å²) in [5.74, 6) is 0.978. The van der Waals surface area contributed by atoms with Gasteiger partial charge in [0.05, 0.1) is 11.8 Å². The lowest BCUT2D eigenvalue weighted by Gasteiger charge is -2.35. The molecule has 2 bridgehead atoms. The summed E-state index contributed by atoms with van der Waals surface area (Å²) in [6, 6.07) is 5.97. The quantitative estimate of drug-likeness (QED) is 0.528. The summed E-state index contributed by atoms with van der Waals surface area (Å²) in [4.78, 5) is 43.8. The monoisotopic (exact) mass is 423 g/mol. The van der Waals surface area contributed by atoms with Gasteiger partial charge in [-0.25, -0.2) is 0 Å². The third-order valence-electron chi connectivity index (χ3n) is 7.42. The first-order valence-corrected chi connectivity index (χ1v) is 11.0. The highest BCUT2D eigenvalue weighted by atomic mass is 16.7. The topological polar surface area (TPSA) is 79.4 Å². The van der Waals surface area contributed by atoms with Crippen LogP contribution in [0.4, 0.5) is 0 Å². The van der Waals surface area contributed by atoms with Gasteiger partial charge in [-0.05, 0) is 36.0 Å². The Morgan fingerprint density at radius 3 is 2.32 bits per heavy atom. The number of carbonyl (C=O) groups excluding carboxylic acids is 3. The molecule has 31 heavy (non-hydrogen) atoms. The van der Waals surface area contributed by atoms with Gasteiger partial charge in [0.25, 0.3) is 0 Å². The predicted octanol–water partition coefficient (Wildman–Crippen LogP) is 0.867. The van der Waals surface area contributed by atoms with Crippen LogP contribution in [-0.2, 0) is 20.9 Å². The Balaban J connectivity index is 1.03. The van der Waals surface area contributed by atoms with E-state index < -0.39 is 0 Å². The van der Waals surface area contributed by atoms with Crippen LogP contribution < -0.4 is 9.47 Å². The van der Waals surface area contributed by atoms with E-state index in [9.17, 15) is 14.4 Å². The van der Waals surface area contributed by atoms with Gasteiger partial charge in [0.1, 0.15) is 6.54 Å². The molecule has 3 heterocycles. The molecule has 0 unspecified atom stereocenters. The van der Waals surface area contributed by atoms with Crippen LogP contribution in [0.3, 0.4) is 0 Å². The summed E-state index contributed by atoms with van der Waals surface area (Å²) >= 11 is 0. The number of piperazine rings is 1. The number of carbonyl (C=O) groups is 3. The third kappa shape index (κ3) is 3.04. The van der Waals surface area contributed by atoms with Crippen LogP contribution in [0.1, 0.15) is 12.0 Å². The summed E-state index contributed by atoms with van der Waals surface area (Å²) < 4.78 is 10.8. The highest BCUT2D eigenvalue weighted by Crippen LogP contribution is 2.52. The smallest absolute Gasteiger partial charge is 0.242 e. The minimum Gasteiger partial charge on any atom is -0.454 e. The summed E-state index contributed by atoms with van der Waals surface area (Å²) in [6.07, 6.45) is 5.04. The lowest BCUT2D eigenvalue weighted by molar-refractivity contribution is -0.147. The largest absolute Gasteiger partial charge is 0.454 e. The molecule has 6 rings (SSSR count). The maximum absolute atomic E-state index is 12.9. The number of allylic oxidation sites excluding steroid dienone is 2. The number of imide groups is 1. The maximum Gasteiger partial charge on any atom is 0.242 e. The average Bonchev–Trinajstić information content (AvgIpc) is 3.55. The lowest BCUT2D eigenvalue weighted by atomic mass is 9.85.